The van der Waals surface area contributed by atoms with Gasteiger partial charge in [-0.3, -0.25) is 9.97 Å². The molecule has 4 nitrogen and oxygen atoms in total. The van der Waals surface area contributed by atoms with Crippen LogP contribution in [0.4, 0.5) is 0 Å². The second-order valence-electron chi connectivity index (χ2n) is 4.22. The molecule has 3 heterocycles. The van der Waals surface area contributed by atoms with Crippen LogP contribution < -0.4 is 5.32 Å². The summed E-state index contributed by atoms with van der Waals surface area (Å²) in [5.41, 5.74) is 3.90. The fraction of sp³-hybridized carbons (Fsp3) is 0.417. The third-order valence-corrected chi connectivity index (χ3v) is 3.89. The number of piperidine rings is 1. The monoisotopic (exact) mass is 246 g/mol. The lowest BCUT2D eigenvalue weighted by Gasteiger charge is -2.21. The Labute approximate surface area is 104 Å². The van der Waals surface area contributed by atoms with Crippen molar-refractivity contribution in [2.75, 3.05) is 13.1 Å². The summed E-state index contributed by atoms with van der Waals surface area (Å²) < 4.78 is 0. The molecule has 88 valence electrons. The highest BCUT2D eigenvalue weighted by Gasteiger charge is 2.17. The van der Waals surface area contributed by atoms with Gasteiger partial charge >= 0.3 is 0 Å². The van der Waals surface area contributed by atoms with E-state index in [1.54, 1.807) is 11.3 Å². The van der Waals surface area contributed by atoms with Crippen LogP contribution in [0.25, 0.3) is 10.6 Å². The Kier molecular flexibility index (Phi) is 3.11. The molecule has 5 heteroatoms. The van der Waals surface area contributed by atoms with Gasteiger partial charge in [-0.05, 0) is 25.9 Å². The molecule has 3 rings (SSSR count). The first-order chi connectivity index (χ1) is 8.43. The first kappa shape index (κ1) is 10.8. The summed E-state index contributed by atoms with van der Waals surface area (Å²) in [5, 5.41) is 3.37. The molecule has 2 aromatic heterocycles. The summed E-state index contributed by atoms with van der Waals surface area (Å²) in [6.45, 7) is 2.16. The second kappa shape index (κ2) is 4.89. The highest BCUT2D eigenvalue weighted by molar-refractivity contribution is 7.13. The quantitative estimate of drug-likeness (QED) is 0.881. The summed E-state index contributed by atoms with van der Waals surface area (Å²) in [4.78, 5) is 14.2. The van der Waals surface area contributed by atoms with Crippen molar-refractivity contribution in [3.63, 3.8) is 0 Å². The number of nitrogens with zero attached hydrogens (tertiary/aromatic N) is 3. The van der Waals surface area contributed by atoms with E-state index in [0.717, 1.165) is 42.2 Å². The summed E-state index contributed by atoms with van der Waals surface area (Å²) in [7, 11) is 0. The summed E-state index contributed by atoms with van der Waals surface area (Å²) in [6.07, 6.45) is 7.88. The molecule has 2 aromatic rings. The minimum absolute atomic E-state index is 0.552. The lowest BCUT2D eigenvalue weighted by atomic mass is 9.95. The Morgan fingerprint density at radius 2 is 2.00 bits per heavy atom. The zero-order chi connectivity index (χ0) is 11.5. The van der Waals surface area contributed by atoms with Crippen LogP contribution in [0.1, 0.15) is 24.5 Å². The number of thiazole rings is 1. The van der Waals surface area contributed by atoms with Crippen molar-refractivity contribution in [1.82, 2.24) is 20.3 Å². The normalized spacial score (nSPS) is 17.2. The molecule has 0 atom stereocenters. The van der Waals surface area contributed by atoms with E-state index in [0.29, 0.717) is 5.92 Å². The number of aromatic nitrogens is 3. The molecule has 1 saturated heterocycles. The van der Waals surface area contributed by atoms with Crippen LogP contribution in [-0.4, -0.2) is 28.0 Å². The van der Waals surface area contributed by atoms with Crippen molar-refractivity contribution < 1.29 is 0 Å². The predicted molar refractivity (Wildman–Crippen MR) is 68.0 cm³/mol. The van der Waals surface area contributed by atoms with Crippen LogP contribution in [-0.2, 0) is 0 Å². The fourth-order valence-electron chi connectivity index (χ4n) is 2.16. The van der Waals surface area contributed by atoms with E-state index in [-0.39, 0.29) is 0 Å². The first-order valence-electron chi connectivity index (χ1n) is 5.85. The number of nitrogens with one attached hydrogen (secondary N) is 1. The number of hydrogen-bond donors (Lipinski definition) is 1. The van der Waals surface area contributed by atoms with Gasteiger partial charge in [0.2, 0.25) is 0 Å². The van der Waals surface area contributed by atoms with Crippen LogP contribution in [0.2, 0.25) is 0 Å². The third kappa shape index (κ3) is 2.35. The Hall–Kier alpha value is -1.33. The van der Waals surface area contributed by atoms with E-state index in [9.17, 15) is 0 Å². The van der Waals surface area contributed by atoms with Crippen LogP contribution in [0, 0.1) is 0 Å². The van der Waals surface area contributed by atoms with Crippen molar-refractivity contribution >= 4 is 11.3 Å². The zero-order valence-electron chi connectivity index (χ0n) is 9.47. The minimum Gasteiger partial charge on any atom is -0.317 e. The molecule has 0 amide bonds. The average molecular weight is 246 g/mol. The van der Waals surface area contributed by atoms with E-state index < -0.39 is 0 Å². The molecule has 0 saturated carbocycles. The molecule has 1 aliphatic heterocycles. The van der Waals surface area contributed by atoms with Crippen molar-refractivity contribution in [3.05, 3.63) is 29.8 Å². The summed E-state index contributed by atoms with van der Waals surface area (Å²) in [5.74, 6) is 0.552. The van der Waals surface area contributed by atoms with Crippen LogP contribution in [0.3, 0.4) is 0 Å². The first-order valence-corrected chi connectivity index (χ1v) is 6.73. The fourth-order valence-corrected chi connectivity index (χ4v) is 2.73. The summed E-state index contributed by atoms with van der Waals surface area (Å²) in [6, 6.07) is 0. The average Bonchev–Trinajstić information content (AvgIpc) is 2.94. The standard InChI is InChI=1S/C12H14N4S/c1-3-13-4-2-9(1)10-5-14-6-11(16-10)12-7-15-8-17-12/h5-9,13H,1-4H2. The minimum atomic E-state index is 0.552. The molecule has 17 heavy (non-hydrogen) atoms. The maximum absolute atomic E-state index is 4.72. The molecule has 0 bridgehead atoms. The van der Waals surface area contributed by atoms with Crippen molar-refractivity contribution in [2.24, 2.45) is 0 Å². The van der Waals surface area contributed by atoms with Crippen LogP contribution in [0.15, 0.2) is 24.1 Å². The highest BCUT2D eigenvalue weighted by atomic mass is 32.1. The SMILES string of the molecule is c1ncc(-c2cncc(C3CCNCC3)n2)s1. The number of hydrogen-bond acceptors (Lipinski definition) is 5. The van der Waals surface area contributed by atoms with Crippen molar-refractivity contribution in [1.29, 1.82) is 0 Å². The van der Waals surface area contributed by atoms with Gasteiger partial charge in [0, 0.05) is 18.3 Å². The van der Waals surface area contributed by atoms with E-state index in [1.165, 1.54) is 0 Å². The number of rotatable bonds is 2. The van der Waals surface area contributed by atoms with Crippen molar-refractivity contribution in [3.8, 4) is 10.6 Å². The molecule has 0 aliphatic carbocycles. The predicted octanol–water partition coefficient (Wildman–Crippen LogP) is 2.07. The van der Waals surface area contributed by atoms with Gasteiger partial charge in [-0.25, -0.2) is 4.98 Å². The molecule has 1 fully saturated rings. The lowest BCUT2D eigenvalue weighted by molar-refractivity contribution is 0.452. The van der Waals surface area contributed by atoms with Gasteiger partial charge in [0.15, 0.2) is 0 Å². The smallest absolute Gasteiger partial charge is 0.100 e. The van der Waals surface area contributed by atoms with E-state index in [4.69, 9.17) is 4.98 Å². The van der Waals surface area contributed by atoms with Crippen LogP contribution >= 0.6 is 11.3 Å². The highest BCUT2D eigenvalue weighted by Crippen LogP contribution is 2.26. The molecule has 0 aromatic carbocycles. The van der Waals surface area contributed by atoms with Gasteiger partial charge in [-0.15, -0.1) is 11.3 Å². The molecular formula is C12H14N4S. The maximum atomic E-state index is 4.72. The van der Waals surface area contributed by atoms with Gasteiger partial charge in [-0.2, -0.15) is 0 Å². The molecule has 0 unspecified atom stereocenters. The van der Waals surface area contributed by atoms with Crippen molar-refractivity contribution in [2.45, 2.75) is 18.8 Å². The Morgan fingerprint density at radius 1 is 1.12 bits per heavy atom. The molecule has 0 radical (unpaired) electrons. The Bertz CT molecular complexity index is 477. The largest absolute Gasteiger partial charge is 0.317 e. The van der Waals surface area contributed by atoms with E-state index in [1.807, 2.05) is 24.1 Å². The molecule has 1 N–H and O–H groups in total. The lowest BCUT2D eigenvalue weighted by Crippen LogP contribution is -2.27. The van der Waals surface area contributed by atoms with Gasteiger partial charge < -0.3 is 5.32 Å². The maximum Gasteiger partial charge on any atom is 0.100 e. The molecule has 0 spiro atoms. The third-order valence-electron chi connectivity index (χ3n) is 3.10. The molecule has 1 aliphatic rings. The van der Waals surface area contributed by atoms with Gasteiger partial charge in [0.05, 0.1) is 22.3 Å². The van der Waals surface area contributed by atoms with Gasteiger partial charge in [0.1, 0.15) is 5.69 Å². The van der Waals surface area contributed by atoms with E-state index >= 15 is 0 Å². The molecular weight excluding hydrogens is 232 g/mol. The zero-order valence-corrected chi connectivity index (χ0v) is 10.3. The Morgan fingerprint density at radius 3 is 2.76 bits per heavy atom. The topological polar surface area (TPSA) is 50.7 Å². The second-order valence-corrected chi connectivity index (χ2v) is 5.11. The van der Waals surface area contributed by atoms with Crippen LogP contribution in [0.5, 0.6) is 0 Å². The van der Waals surface area contributed by atoms with Gasteiger partial charge in [-0.1, -0.05) is 0 Å². The summed E-state index contributed by atoms with van der Waals surface area (Å²) >= 11 is 1.61. The Balaban J connectivity index is 1.88. The van der Waals surface area contributed by atoms with E-state index in [2.05, 4.69) is 15.3 Å². The van der Waals surface area contributed by atoms with Gasteiger partial charge in [0.25, 0.3) is 0 Å².